The number of rotatable bonds is 4. The highest BCUT2D eigenvalue weighted by molar-refractivity contribution is 7.07. The van der Waals surface area contributed by atoms with Crippen molar-refractivity contribution in [2.45, 2.75) is 69.8 Å². The second kappa shape index (κ2) is 6.46. The fraction of sp³-hybridized carbons (Fsp3) is 0.688. The number of nitrogens with zero attached hydrogens (tertiary/aromatic N) is 1. The lowest BCUT2D eigenvalue weighted by Gasteiger charge is -2.36. The molecular weight excluding hydrogens is 284 g/mol. The van der Waals surface area contributed by atoms with Crippen LogP contribution in [0.4, 0.5) is 0 Å². The number of hydrogen-bond donors (Lipinski definition) is 2. The molecule has 21 heavy (non-hydrogen) atoms. The molecule has 1 aromatic heterocycles. The first-order valence-electron chi connectivity index (χ1n) is 7.99. The first kappa shape index (κ1) is 15.0. The van der Waals surface area contributed by atoms with Crippen LogP contribution in [0.3, 0.4) is 0 Å². The van der Waals surface area contributed by atoms with E-state index in [1.54, 1.807) is 11.3 Å². The highest BCUT2D eigenvalue weighted by Gasteiger charge is 2.43. The number of aliphatic hydroxyl groups is 1. The van der Waals surface area contributed by atoms with Gasteiger partial charge in [-0.1, -0.05) is 13.3 Å². The minimum absolute atomic E-state index is 0.0144. The molecule has 1 aromatic rings. The minimum atomic E-state index is -0.182. The number of amides is 1. The summed E-state index contributed by atoms with van der Waals surface area (Å²) < 4.78 is 0. The molecule has 1 aliphatic carbocycles. The van der Waals surface area contributed by atoms with Crippen LogP contribution in [0.1, 0.15) is 57.2 Å². The Labute approximate surface area is 130 Å². The van der Waals surface area contributed by atoms with Crippen LogP contribution < -0.4 is 5.32 Å². The molecule has 0 bridgehead atoms. The Hall–Kier alpha value is -0.910. The standard InChI is InChI=1S/C16H24N2O2S/c1-2-3-14-16(20)18(12-4-6-13(19)7-5-12)15(17-14)11-8-9-21-10-11/h8-10,12-15,17,19H,2-7H2,1H3. The van der Waals surface area contributed by atoms with Crippen molar-refractivity contribution in [2.75, 3.05) is 0 Å². The first-order chi connectivity index (χ1) is 10.2. The van der Waals surface area contributed by atoms with E-state index in [2.05, 4.69) is 34.0 Å². The van der Waals surface area contributed by atoms with Gasteiger partial charge < -0.3 is 10.0 Å². The van der Waals surface area contributed by atoms with Crippen LogP contribution >= 0.6 is 11.3 Å². The van der Waals surface area contributed by atoms with Gasteiger partial charge in [0.15, 0.2) is 0 Å². The second-order valence-electron chi connectivity index (χ2n) is 6.18. The maximum absolute atomic E-state index is 12.8. The number of thiophene rings is 1. The number of hydrogen-bond acceptors (Lipinski definition) is 4. The zero-order valence-electron chi connectivity index (χ0n) is 12.5. The van der Waals surface area contributed by atoms with Crippen LogP contribution in [0.25, 0.3) is 0 Å². The highest BCUT2D eigenvalue weighted by atomic mass is 32.1. The van der Waals surface area contributed by atoms with Gasteiger partial charge in [0.25, 0.3) is 0 Å². The minimum Gasteiger partial charge on any atom is -0.393 e. The van der Waals surface area contributed by atoms with Gasteiger partial charge in [0, 0.05) is 6.04 Å². The summed E-state index contributed by atoms with van der Waals surface area (Å²) in [7, 11) is 0. The van der Waals surface area contributed by atoms with Crippen LogP contribution in [0.2, 0.25) is 0 Å². The van der Waals surface area contributed by atoms with Crippen LogP contribution in [0.5, 0.6) is 0 Å². The Morgan fingerprint density at radius 3 is 2.76 bits per heavy atom. The fourth-order valence-corrected chi connectivity index (χ4v) is 4.24. The van der Waals surface area contributed by atoms with Gasteiger partial charge in [-0.25, -0.2) is 0 Å². The van der Waals surface area contributed by atoms with E-state index in [0.29, 0.717) is 0 Å². The molecule has 3 rings (SSSR count). The topological polar surface area (TPSA) is 52.6 Å². The van der Waals surface area contributed by atoms with Gasteiger partial charge in [-0.15, -0.1) is 0 Å². The zero-order chi connectivity index (χ0) is 14.8. The molecule has 0 radical (unpaired) electrons. The summed E-state index contributed by atoms with van der Waals surface area (Å²) in [4.78, 5) is 14.8. The van der Waals surface area contributed by atoms with Crippen molar-refractivity contribution in [3.63, 3.8) is 0 Å². The molecule has 2 atom stereocenters. The average molecular weight is 308 g/mol. The van der Waals surface area contributed by atoms with E-state index in [-0.39, 0.29) is 30.3 Å². The average Bonchev–Trinajstić information content (AvgIpc) is 3.10. The lowest BCUT2D eigenvalue weighted by molar-refractivity contribution is -0.133. The van der Waals surface area contributed by atoms with Crippen molar-refractivity contribution in [1.29, 1.82) is 0 Å². The molecule has 2 heterocycles. The molecule has 1 amide bonds. The molecule has 1 saturated heterocycles. The van der Waals surface area contributed by atoms with Crippen molar-refractivity contribution in [2.24, 2.45) is 0 Å². The van der Waals surface area contributed by atoms with E-state index in [1.807, 2.05) is 0 Å². The Morgan fingerprint density at radius 1 is 1.38 bits per heavy atom. The van der Waals surface area contributed by atoms with E-state index in [4.69, 9.17) is 0 Å². The largest absolute Gasteiger partial charge is 0.393 e. The summed E-state index contributed by atoms with van der Waals surface area (Å²) >= 11 is 1.67. The molecule has 5 heteroatoms. The van der Waals surface area contributed by atoms with E-state index < -0.39 is 0 Å². The van der Waals surface area contributed by atoms with Gasteiger partial charge in [-0.3, -0.25) is 10.1 Å². The first-order valence-corrected chi connectivity index (χ1v) is 8.93. The molecule has 2 fully saturated rings. The Kier molecular flexibility index (Phi) is 4.62. The van der Waals surface area contributed by atoms with Crippen LogP contribution in [-0.2, 0) is 4.79 Å². The predicted molar refractivity (Wildman–Crippen MR) is 84.0 cm³/mol. The zero-order valence-corrected chi connectivity index (χ0v) is 13.3. The van der Waals surface area contributed by atoms with Gasteiger partial charge >= 0.3 is 0 Å². The lowest BCUT2D eigenvalue weighted by atomic mass is 9.91. The summed E-state index contributed by atoms with van der Waals surface area (Å²) in [5, 5.41) is 17.4. The van der Waals surface area contributed by atoms with Crippen molar-refractivity contribution >= 4 is 17.2 Å². The maximum atomic E-state index is 12.8. The third-order valence-corrected chi connectivity index (χ3v) is 5.39. The number of carbonyl (C=O) groups excluding carboxylic acids is 1. The smallest absolute Gasteiger partial charge is 0.241 e. The highest BCUT2D eigenvalue weighted by Crippen LogP contribution is 2.35. The van der Waals surface area contributed by atoms with Gasteiger partial charge in [-0.2, -0.15) is 11.3 Å². The van der Waals surface area contributed by atoms with E-state index in [9.17, 15) is 9.90 Å². The molecule has 4 nitrogen and oxygen atoms in total. The van der Waals surface area contributed by atoms with Gasteiger partial charge in [0.1, 0.15) is 6.17 Å². The SMILES string of the molecule is CCCC1NC(c2ccsc2)N(C2CCC(O)CC2)C1=O. The predicted octanol–water partition coefficient (Wildman–Crippen LogP) is 2.65. The summed E-state index contributed by atoms with van der Waals surface area (Å²) in [5.41, 5.74) is 1.19. The number of aliphatic hydroxyl groups excluding tert-OH is 1. The molecule has 2 N–H and O–H groups in total. The fourth-order valence-electron chi connectivity index (χ4n) is 3.56. The Morgan fingerprint density at radius 2 is 2.14 bits per heavy atom. The molecule has 1 saturated carbocycles. The summed E-state index contributed by atoms with van der Waals surface area (Å²) in [6.45, 7) is 2.12. The molecule has 2 unspecified atom stereocenters. The van der Waals surface area contributed by atoms with E-state index in [0.717, 1.165) is 38.5 Å². The Balaban J connectivity index is 1.81. The Bertz CT molecular complexity index is 469. The number of carbonyl (C=O) groups is 1. The van der Waals surface area contributed by atoms with Gasteiger partial charge in [0.05, 0.1) is 12.1 Å². The van der Waals surface area contributed by atoms with Crippen molar-refractivity contribution in [3.8, 4) is 0 Å². The monoisotopic (exact) mass is 308 g/mol. The normalized spacial score (nSPS) is 33.6. The van der Waals surface area contributed by atoms with Crippen molar-refractivity contribution < 1.29 is 9.90 Å². The maximum Gasteiger partial charge on any atom is 0.241 e. The molecule has 0 aromatic carbocycles. The molecular formula is C16H24N2O2S. The van der Waals surface area contributed by atoms with Crippen LogP contribution in [0.15, 0.2) is 16.8 Å². The third-order valence-electron chi connectivity index (χ3n) is 4.69. The van der Waals surface area contributed by atoms with E-state index in [1.165, 1.54) is 5.56 Å². The summed E-state index contributed by atoms with van der Waals surface area (Å²) in [6.07, 6.45) is 5.18. The third kappa shape index (κ3) is 3.00. The van der Waals surface area contributed by atoms with Gasteiger partial charge in [0.2, 0.25) is 5.91 Å². The quantitative estimate of drug-likeness (QED) is 0.899. The molecule has 1 aliphatic heterocycles. The summed E-state index contributed by atoms with van der Waals surface area (Å²) in [5.74, 6) is 0.245. The second-order valence-corrected chi connectivity index (χ2v) is 6.96. The van der Waals surface area contributed by atoms with E-state index >= 15 is 0 Å². The molecule has 116 valence electrons. The van der Waals surface area contributed by atoms with Crippen molar-refractivity contribution in [1.82, 2.24) is 10.2 Å². The lowest BCUT2D eigenvalue weighted by Crippen LogP contribution is -2.42. The van der Waals surface area contributed by atoms with Crippen LogP contribution in [-0.4, -0.2) is 34.1 Å². The molecule has 0 spiro atoms. The van der Waals surface area contributed by atoms with Gasteiger partial charge in [-0.05, 0) is 54.5 Å². The van der Waals surface area contributed by atoms with Crippen molar-refractivity contribution in [3.05, 3.63) is 22.4 Å². The van der Waals surface area contributed by atoms with Crippen LogP contribution in [0, 0.1) is 0 Å². The summed E-state index contributed by atoms with van der Waals surface area (Å²) in [6, 6.07) is 2.32. The molecule has 2 aliphatic rings. The number of nitrogens with one attached hydrogen (secondary N) is 1.